The Morgan fingerprint density at radius 1 is 0.639 bits per heavy atom. The van der Waals surface area contributed by atoms with Gasteiger partial charge in [0.1, 0.15) is 6.04 Å². The first-order valence-corrected chi connectivity index (χ1v) is 34.3. The second-order valence-corrected chi connectivity index (χ2v) is 25.3. The zero-order valence-electron chi connectivity index (χ0n) is 56.7. The fraction of sp³-hybridized carbons (Fsp3) is 0.474. The van der Waals surface area contributed by atoms with Crippen LogP contribution in [0.1, 0.15) is 195 Å². The fourth-order valence-electron chi connectivity index (χ4n) is 13.3. The van der Waals surface area contributed by atoms with Crippen LogP contribution in [0.2, 0.25) is 0 Å². The molecule has 4 fully saturated rings. The number of halogens is 2. The summed E-state index contributed by atoms with van der Waals surface area (Å²) in [5.41, 5.74) is 6.96. The normalized spacial score (nSPS) is 18.4. The second kappa shape index (κ2) is 46.8. The maximum atomic E-state index is 12.7. The van der Waals surface area contributed by atoms with Gasteiger partial charge in [-0.3, -0.25) is 43.4 Å². The molecule has 0 bridgehead atoms. The Morgan fingerprint density at radius 3 is 1.63 bits per heavy atom. The zero-order valence-corrected chi connectivity index (χ0v) is 61.8. The monoisotopic (exact) mass is 1460 g/mol. The van der Waals surface area contributed by atoms with Gasteiger partial charge in [-0.25, -0.2) is 4.79 Å². The van der Waals surface area contributed by atoms with Crippen molar-refractivity contribution in [3.05, 3.63) is 169 Å². The van der Waals surface area contributed by atoms with Crippen LogP contribution >= 0.6 is 23.2 Å². The van der Waals surface area contributed by atoms with E-state index in [0.29, 0.717) is 19.6 Å². The molecule has 3 aliphatic heterocycles. The number of nitrogens with zero attached hydrogens (tertiary/aromatic N) is 5. The summed E-state index contributed by atoms with van der Waals surface area (Å²) in [4.78, 5) is 99.0. The summed E-state index contributed by atoms with van der Waals surface area (Å²) in [5.74, 6) is -0.847. The maximum absolute atomic E-state index is 12.7. The number of ketones is 1. The summed E-state index contributed by atoms with van der Waals surface area (Å²) in [7, 11) is 0. The topological polar surface area (TPSA) is 249 Å². The predicted molar refractivity (Wildman–Crippen MR) is 373 cm³/mol. The van der Waals surface area contributed by atoms with Gasteiger partial charge in [0, 0.05) is 96.7 Å². The van der Waals surface area contributed by atoms with Crippen molar-refractivity contribution in [2.75, 3.05) is 32.8 Å². The molecule has 4 aromatic carbocycles. The van der Waals surface area contributed by atoms with Crippen LogP contribution < -0.4 is 45.5 Å². The second-order valence-electron chi connectivity index (χ2n) is 24.5. The first kappa shape index (κ1) is 84.8. The van der Waals surface area contributed by atoms with Gasteiger partial charge in [0.15, 0.2) is 0 Å². The van der Waals surface area contributed by atoms with Crippen molar-refractivity contribution in [1.29, 1.82) is 10.5 Å². The van der Waals surface area contributed by atoms with E-state index in [-0.39, 0.29) is 124 Å². The van der Waals surface area contributed by atoms with E-state index in [9.17, 15) is 43.6 Å². The van der Waals surface area contributed by atoms with Crippen LogP contribution in [-0.4, -0.2) is 93.4 Å². The summed E-state index contributed by atoms with van der Waals surface area (Å²) in [6.07, 6.45) is 31.5. The smallest absolute Gasteiger partial charge is 0.512 e. The Bertz CT molecular complexity index is 3340. The predicted octanol–water partition coefficient (Wildman–Crippen LogP) is 11.3. The van der Waals surface area contributed by atoms with E-state index in [1.54, 1.807) is 22.9 Å². The third-order valence-corrected chi connectivity index (χ3v) is 18.8. The van der Waals surface area contributed by atoms with Crippen molar-refractivity contribution >= 4 is 85.9 Å². The molecule has 21 heteroatoms. The average Bonchev–Trinajstić information content (AvgIpc) is 0.805. The fourth-order valence-corrected chi connectivity index (χ4v) is 13.5. The first-order valence-electron chi connectivity index (χ1n) is 33.5. The number of pyridine rings is 1. The summed E-state index contributed by atoms with van der Waals surface area (Å²) >= 11 is 10.0. The average molecular weight is 1470 g/mol. The number of carbonyl (C=O) groups excluding carboxylic acids is 8. The molecule has 4 saturated carbocycles. The van der Waals surface area contributed by atoms with Crippen LogP contribution in [0.4, 0.5) is 0 Å². The number of aromatic nitrogens is 1. The zero-order chi connectivity index (χ0) is 67.6. The van der Waals surface area contributed by atoms with Crippen molar-refractivity contribution in [3.8, 4) is 6.07 Å². The number of benzene rings is 4. The molecular formula is C76H96Cl2N8NaO9Pd-. The molecule has 0 saturated heterocycles. The Balaban J connectivity index is 0.000000412. The van der Waals surface area contributed by atoms with E-state index in [1.807, 2.05) is 79.1 Å². The van der Waals surface area contributed by atoms with E-state index in [2.05, 4.69) is 74.2 Å². The minimum absolute atomic E-state index is 0. The molecule has 4 amide bonds. The third kappa shape index (κ3) is 27.0. The van der Waals surface area contributed by atoms with Crippen molar-refractivity contribution in [1.82, 2.24) is 30.7 Å². The number of hydrogen-bond donors (Lipinski definition) is 3. The molecule has 7 aliphatic rings. The molecule has 97 heavy (non-hydrogen) atoms. The minimum Gasteiger partial charge on any atom is -0.512 e. The van der Waals surface area contributed by atoms with Gasteiger partial charge in [0.05, 0.1) is 18.7 Å². The van der Waals surface area contributed by atoms with Gasteiger partial charge in [0.2, 0.25) is 28.7 Å². The maximum Gasteiger partial charge on any atom is 1.00 e. The van der Waals surface area contributed by atoms with Gasteiger partial charge in [0.25, 0.3) is 5.91 Å². The van der Waals surface area contributed by atoms with E-state index < -0.39 is 28.9 Å². The van der Waals surface area contributed by atoms with Crippen LogP contribution in [0.25, 0.3) is 16.8 Å². The molecule has 0 radical (unpaired) electrons. The molecule has 3 N–H and O–H groups in total. The van der Waals surface area contributed by atoms with E-state index in [1.165, 1.54) is 85.8 Å². The number of nitrogens with one attached hydrogen (secondary N) is 3. The molecule has 4 heterocycles. The van der Waals surface area contributed by atoms with E-state index >= 15 is 0 Å². The van der Waals surface area contributed by atoms with Crippen molar-refractivity contribution in [2.24, 2.45) is 23.7 Å². The molecule has 1 aromatic heterocycles. The molecular weight excluding hydrogens is 1370 g/mol. The van der Waals surface area contributed by atoms with Gasteiger partial charge in [-0.1, -0.05) is 174 Å². The Hall–Kier alpha value is -6.43. The Morgan fingerprint density at radius 2 is 1.12 bits per heavy atom. The van der Waals surface area contributed by atoms with Gasteiger partial charge in [-0.05, 0) is 157 Å². The third-order valence-electron chi connectivity index (χ3n) is 18.3. The molecule has 0 spiro atoms. The summed E-state index contributed by atoms with van der Waals surface area (Å²) in [6.45, 7) is 10.4. The van der Waals surface area contributed by atoms with Gasteiger partial charge in [-0.15, -0.1) is 0 Å². The molecule has 17 nitrogen and oxygen atoms in total. The number of carbonyl (C=O) groups is 8. The number of Topliss-reactive ketones (excluding diaryl/α,β-unsaturated/α-hetero) is 1. The van der Waals surface area contributed by atoms with Crippen molar-refractivity contribution in [2.45, 2.75) is 173 Å². The molecule has 12 rings (SSSR count). The first-order chi connectivity index (χ1) is 45.7. The molecule has 520 valence electrons. The number of rotatable bonds is 11. The number of amides is 4. The van der Waals surface area contributed by atoms with Crippen LogP contribution in [0, 0.1) is 54.3 Å². The SMILES string of the molecule is CC(=O)C(=O)N1CCc2ccccc2C1CNC(=O)C1CCCCC1.CCOC(=O)C(=O)Cl.N#CC1c2ccccc2C=CN1C(=O)C1CCCCC1.O=C(Cl)C1CCCCC1.O=C(NCC1NCCc2ccccc21)C1CCCCC1.[C-]#N.[CH3-].[HH].[Na+].[Pd].c1ccc2cnccc2c1. The number of hydrogen-bond acceptors (Lipinski definition) is 13. The van der Waals surface area contributed by atoms with Crippen LogP contribution in [0.15, 0.2) is 122 Å². The standard InChI is InChI=1S/C20H26N2O3.C17H18N2O.C17H24N2O.C9H7N.C7H11ClO.C4H5ClO3.CN.CH3.Na.Pd.H2/c1-14(23)20(25)22-12-11-15-7-5-6-10-17(15)18(22)13-21-19(24)16-8-3-2-4-9-16;18-12-16-15-9-5-4-6-13(15)10-11-19(16)17(20)14-7-2-1-3-8-14;20-17(14-7-2-1-3-8-14)19-12-16-15-9-5-4-6-13(15)10-11-18-16;1-2-4-9-7-10-6-5-8(9)3-1;8-7(9)6-4-2-1-3-5-6;1-2-8-4(7)3(5)6;1-2;;;;/h5-7,10,16,18H,2-4,8-9,11-13H2,1H3,(H,21,24);4-6,9-11,14,16H,1-3,7-8H2;4-6,9,14,16,18H,1-3,7-8,10-12H2,(H,19,20);1-7H;6H,1-5H2;2H2,1H3;;1H3;;;1H/q;;;;;;2*-1;+1;;. The number of nitriles is 1. The quantitative estimate of drug-likeness (QED) is 0.0366. The number of fused-ring (bicyclic) bond motifs is 4. The van der Waals surface area contributed by atoms with Gasteiger partial charge < -0.3 is 44.8 Å². The molecule has 3 unspecified atom stereocenters. The molecule has 4 aliphatic carbocycles. The van der Waals surface area contributed by atoms with Gasteiger partial charge >= 0.3 is 40.8 Å². The Labute approximate surface area is 621 Å². The minimum atomic E-state index is -1.08. The van der Waals surface area contributed by atoms with Crippen LogP contribution in [0.5, 0.6) is 0 Å². The number of ether oxygens (including phenoxy) is 1. The van der Waals surface area contributed by atoms with Gasteiger partial charge in [-0.2, -0.15) is 5.26 Å². The summed E-state index contributed by atoms with van der Waals surface area (Å²) < 4.78 is 4.18. The summed E-state index contributed by atoms with van der Waals surface area (Å²) in [6, 6.07) is 36.3. The van der Waals surface area contributed by atoms with Crippen LogP contribution in [-0.2, 0) is 76.4 Å². The Kier molecular flexibility index (Phi) is 40.9. The van der Waals surface area contributed by atoms with Crippen molar-refractivity contribution in [3.63, 3.8) is 0 Å². The molecule has 3 atom stereocenters. The van der Waals surface area contributed by atoms with Crippen molar-refractivity contribution < 1.29 is 94.5 Å². The molecule has 5 aromatic rings. The summed E-state index contributed by atoms with van der Waals surface area (Å²) in [5, 5.41) is 26.7. The van der Waals surface area contributed by atoms with E-state index in [0.717, 1.165) is 113 Å². The largest absolute Gasteiger partial charge is 1.00 e. The van der Waals surface area contributed by atoms with Crippen LogP contribution in [0.3, 0.4) is 0 Å². The van der Waals surface area contributed by atoms with E-state index in [4.69, 9.17) is 35.0 Å². The number of esters is 1.